The van der Waals surface area contributed by atoms with Crippen LogP contribution in [0.1, 0.15) is 48.9 Å². The minimum absolute atomic E-state index is 0.0554. The van der Waals surface area contributed by atoms with Crippen LogP contribution in [0.3, 0.4) is 0 Å². The molecule has 1 unspecified atom stereocenters. The van der Waals surface area contributed by atoms with Gasteiger partial charge in [0.05, 0.1) is 6.61 Å². The smallest absolute Gasteiger partial charge is 0.253 e. The van der Waals surface area contributed by atoms with E-state index in [1.54, 1.807) is 0 Å². The minimum Gasteiger partial charge on any atom is -0.493 e. The second kappa shape index (κ2) is 7.82. The van der Waals surface area contributed by atoms with E-state index in [2.05, 4.69) is 0 Å². The van der Waals surface area contributed by atoms with E-state index in [4.69, 9.17) is 4.74 Å². The van der Waals surface area contributed by atoms with Crippen molar-refractivity contribution in [2.75, 3.05) is 26.3 Å². The molecule has 1 heterocycles. The van der Waals surface area contributed by atoms with Crippen LogP contribution >= 0.6 is 0 Å². The highest BCUT2D eigenvalue weighted by Crippen LogP contribution is 2.25. The van der Waals surface area contributed by atoms with Gasteiger partial charge < -0.3 is 14.7 Å². The van der Waals surface area contributed by atoms with Crippen molar-refractivity contribution in [2.24, 2.45) is 11.8 Å². The summed E-state index contributed by atoms with van der Waals surface area (Å²) in [6, 6.07) is 7.50. The van der Waals surface area contributed by atoms with Gasteiger partial charge in [-0.05, 0) is 49.4 Å². The van der Waals surface area contributed by atoms with Gasteiger partial charge in [-0.15, -0.1) is 0 Å². The highest BCUT2D eigenvalue weighted by molar-refractivity contribution is 5.94. The highest BCUT2D eigenvalue weighted by atomic mass is 16.5. The summed E-state index contributed by atoms with van der Waals surface area (Å²) < 4.78 is 5.88. The van der Waals surface area contributed by atoms with E-state index >= 15 is 0 Å². The number of benzene rings is 1. The van der Waals surface area contributed by atoms with Gasteiger partial charge in [0.1, 0.15) is 5.75 Å². The summed E-state index contributed by atoms with van der Waals surface area (Å²) in [5.74, 6) is 1.82. The Bertz CT molecular complexity index is 508. The fourth-order valence-corrected chi connectivity index (χ4v) is 3.61. The lowest BCUT2D eigenvalue weighted by molar-refractivity contribution is 0.0782. The number of hydrogen-bond donors (Lipinski definition) is 1. The average Bonchev–Trinajstić information content (AvgIpc) is 3.10. The Morgan fingerprint density at radius 3 is 2.48 bits per heavy atom. The SMILES string of the molecule is O=C(c1ccc(OCC2CCCCC2)cc1)N1CCC(CO)C1. The van der Waals surface area contributed by atoms with Gasteiger partial charge in [0.15, 0.2) is 0 Å². The molecule has 3 rings (SSSR count). The van der Waals surface area contributed by atoms with E-state index in [9.17, 15) is 9.90 Å². The second-order valence-electron chi connectivity index (χ2n) is 6.93. The number of aliphatic hydroxyl groups is 1. The summed E-state index contributed by atoms with van der Waals surface area (Å²) in [4.78, 5) is 14.3. The lowest BCUT2D eigenvalue weighted by Crippen LogP contribution is -2.29. The van der Waals surface area contributed by atoms with Crippen molar-refractivity contribution in [1.29, 1.82) is 0 Å². The molecule has 4 nitrogen and oxygen atoms in total. The van der Waals surface area contributed by atoms with E-state index in [0.29, 0.717) is 18.0 Å². The van der Waals surface area contributed by atoms with Gasteiger partial charge in [-0.1, -0.05) is 19.3 Å². The molecule has 0 bridgehead atoms. The normalized spacial score (nSPS) is 22.3. The number of amides is 1. The quantitative estimate of drug-likeness (QED) is 0.908. The maximum Gasteiger partial charge on any atom is 0.253 e. The van der Waals surface area contributed by atoms with Gasteiger partial charge in [0.2, 0.25) is 0 Å². The van der Waals surface area contributed by atoms with Crippen molar-refractivity contribution < 1.29 is 14.6 Å². The molecular weight excluding hydrogens is 290 g/mol. The van der Waals surface area contributed by atoms with Crippen LogP contribution in [-0.2, 0) is 0 Å². The number of aliphatic hydroxyl groups excluding tert-OH is 1. The molecule has 1 aromatic rings. The molecule has 2 fully saturated rings. The Morgan fingerprint density at radius 2 is 1.83 bits per heavy atom. The fraction of sp³-hybridized carbons (Fsp3) is 0.632. The molecule has 0 radical (unpaired) electrons. The Kier molecular flexibility index (Phi) is 5.55. The number of ether oxygens (including phenoxy) is 1. The lowest BCUT2D eigenvalue weighted by atomic mass is 9.90. The number of hydrogen-bond acceptors (Lipinski definition) is 3. The Balaban J connectivity index is 1.51. The van der Waals surface area contributed by atoms with E-state index in [-0.39, 0.29) is 18.4 Å². The predicted octanol–water partition coefficient (Wildman–Crippen LogP) is 3.10. The zero-order chi connectivity index (χ0) is 16.1. The molecule has 1 N–H and O–H groups in total. The van der Waals surface area contributed by atoms with E-state index in [1.807, 2.05) is 29.2 Å². The monoisotopic (exact) mass is 317 g/mol. The van der Waals surface area contributed by atoms with E-state index < -0.39 is 0 Å². The zero-order valence-electron chi connectivity index (χ0n) is 13.7. The summed E-state index contributed by atoms with van der Waals surface area (Å²) in [5, 5.41) is 9.18. The van der Waals surface area contributed by atoms with Gasteiger partial charge in [-0.25, -0.2) is 0 Å². The van der Waals surface area contributed by atoms with Crippen molar-refractivity contribution in [3.05, 3.63) is 29.8 Å². The van der Waals surface area contributed by atoms with Gasteiger partial charge in [0, 0.05) is 31.2 Å². The first-order valence-electron chi connectivity index (χ1n) is 8.89. The number of likely N-dealkylation sites (tertiary alicyclic amines) is 1. The van der Waals surface area contributed by atoms with Gasteiger partial charge in [-0.2, -0.15) is 0 Å². The first-order chi connectivity index (χ1) is 11.3. The molecule has 1 aromatic carbocycles. The zero-order valence-corrected chi connectivity index (χ0v) is 13.7. The van der Waals surface area contributed by atoms with Gasteiger partial charge >= 0.3 is 0 Å². The Labute approximate surface area is 138 Å². The Morgan fingerprint density at radius 1 is 1.09 bits per heavy atom. The number of rotatable bonds is 5. The first-order valence-corrected chi connectivity index (χ1v) is 8.89. The van der Waals surface area contributed by atoms with Gasteiger partial charge in [0.25, 0.3) is 5.91 Å². The third-order valence-corrected chi connectivity index (χ3v) is 5.14. The summed E-state index contributed by atoms with van der Waals surface area (Å²) in [5.41, 5.74) is 0.702. The third-order valence-electron chi connectivity index (χ3n) is 5.14. The largest absolute Gasteiger partial charge is 0.493 e. The maximum atomic E-state index is 12.4. The molecule has 0 aromatic heterocycles. The molecule has 1 aliphatic carbocycles. The van der Waals surface area contributed by atoms with Crippen LogP contribution in [0.25, 0.3) is 0 Å². The molecule has 2 aliphatic rings. The molecule has 1 aliphatic heterocycles. The van der Waals surface area contributed by atoms with Crippen LogP contribution in [0.2, 0.25) is 0 Å². The Hall–Kier alpha value is -1.55. The highest BCUT2D eigenvalue weighted by Gasteiger charge is 2.26. The summed E-state index contributed by atoms with van der Waals surface area (Å²) in [7, 11) is 0. The van der Waals surface area contributed by atoms with E-state index in [0.717, 1.165) is 25.3 Å². The first kappa shape index (κ1) is 16.3. The second-order valence-corrected chi connectivity index (χ2v) is 6.93. The number of carbonyl (C=O) groups excluding carboxylic acids is 1. The van der Waals surface area contributed by atoms with E-state index in [1.165, 1.54) is 32.1 Å². The summed E-state index contributed by atoms with van der Waals surface area (Å²) in [6.45, 7) is 2.36. The molecular formula is C19H27NO3. The molecule has 1 amide bonds. The fourth-order valence-electron chi connectivity index (χ4n) is 3.61. The van der Waals surface area contributed by atoms with Crippen molar-refractivity contribution in [3.8, 4) is 5.75 Å². The number of nitrogens with zero attached hydrogens (tertiary/aromatic N) is 1. The van der Waals surface area contributed by atoms with Gasteiger partial charge in [-0.3, -0.25) is 4.79 Å². The average molecular weight is 317 g/mol. The van der Waals surface area contributed by atoms with Crippen molar-refractivity contribution in [2.45, 2.75) is 38.5 Å². The summed E-state index contributed by atoms with van der Waals surface area (Å²) in [6.07, 6.45) is 7.46. The molecule has 1 atom stereocenters. The van der Waals surface area contributed by atoms with Crippen LogP contribution in [0.15, 0.2) is 24.3 Å². The minimum atomic E-state index is 0.0554. The molecule has 1 saturated heterocycles. The van der Waals surface area contributed by atoms with Crippen LogP contribution in [0.4, 0.5) is 0 Å². The van der Waals surface area contributed by atoms with Crippen LogP contribution in [-0.4, -0.2) is 42.2 Å². The maximum absolute atomic E-state index is 12.4. The molecule has 23 heavy (non-hydrogen) atoms. The van der Waals surface area contributed by atoms with Crippen molar-refractivity contribution >= 4 is 5.91 Å². The van der Waals surface area contributed by atoms with Crippen LogP contribution in [0, 0.1) is 11.8 Å². The molecule has 1 saturated carbocycles. The van der Waals surface area contributed by atoms with Crippen molar-refractivity contribution in [1.82, 2.24) is 4.90 Å². The van der Waals surface area contributed by atoms with Crippen molar-refractivity contribution in [3.63, 3.8) is 0 Å². The standard InChI is InChI=1S/C19H27NO3/c21-13-16-10-11-20(12-16)19(22)17-6-8-18(9-7-17)23-14-15-4-2-1-3-5-15/h6-9,15-16,21H,1-5,10-14H2. The predicted molar refractivity (Wildman–Crippen MR) is 89.6 cm³/mol. The molecule has 0 spiro atoms. The summed E-state index contributed by atoms with van der Waals surface area (Å²) >= 11 is 0. The van der Waals surface area contributed by atoms with Crippen LogP contribution < -0.4 is 4.74 Å². The third kappa shape index (κ3) is 4.25. The molecule has 126 valence electrons. The topological polar surface area (TPSA) is 49.8 Å². The number of carbonyl (C=O) groups is 1. The lowest BCUT2D eigenvalue weighted by Gasteiger charge is -2.21. The van der Waals surface area contributed by atoms with Crippen LogP contribution in [0.5, 0.6) is 5.75 Å². The molecule has 4 heteroatoms.